The van der Waals surface area contributed by atoms with Gasteiger partial charge in [-0.25, -0.2) is 8.42 Å². The molecule has 0 aliphatic carbocycles. The third kappa shape index (κ3) is 4.63. The molecule has 0 spiro atoms. The Morgan fingerprint density at radius 3 is 2.43 bits per heavy atom. The van der Waals surface area contributed by atoms with Gasteiger partial charge in [0.1, 0.15) is 0 Å². The molecule has 0 aliphatic heterocycles. The molecule has 23 heavy (non-hydrogen) atoms. The number of hydrogen-bond acceptors (Lipinski definition) is 4. The first kappa shape index (κ1) is 17.7. The summed E-state index contributed by atoms with van der Waals surface area (Å²) in [6.07, 6.45) is 0.743. The third-order valence-electron chi connectivity index (χ3n) is 3.22. The fourth-order valence-electron chi connectivity index (χ4n) is 2.18. The van der Waals surface area contributed by atoms with Gasteiger partial charge in [0, 0.05) is 25.7 Å². The Balaban J connectivity index is 2.24. The molecule has 1 aromatic heterocycles. The fraction of sp³-hybridized carbons (Fsp3) is 0.312. The number of nitrogens with one attached hydrogen (secondary N) is 1. The number of sulfonamides is 1. The number of hydrogen-bond donors (Lipinski definition) is 1. The Bertz CT molecular complexity index is 738. The summed E-state index contributed by atoms with van der Waals surface area (Å²) in [6, 6.07) is 8.18. The quantitative estimate of drug-likeness (QED) is 0.831. The van der Waals surface area contributed by atoms with Gasteiger partial charge in [0.25, 0.3) is 0 Å². The number of amides is 1. The van der Waals surface area contributed by atoms with Crippen LogP contribution in [0.2, 0.25) is 0 Å². The van der Waals surface area contributed by atoms with E-state index in [1.165, 1.54) is 23.4 Å². The molecule has 2 rings (SSSR count). The first-order chi connectivity index (χ1) is 10.9. The van der Waals surface area contributed by atoms with Crippen LogP contribution in [0.1, 0.15) is 25.8 Å². The molecule has 5 nitrogen and oxygen atoms in total. The topological polar surface area (TPSA) is 66.5 Å². The lowest BCUT2D eigenvalue weighted by Gasteiger charge is -2.21. The molecule has 0 saturated heterocycles. The molecule has 0 unspecified atom stereocenters. The van der Waals surface area contributed by atoms with Crippen LogP contribution in [0.15, 0.2) is 46.0 Å². The Labute approximate surface area is 141 Å². The molecular weight excluding hydrogens is 332 g/mol. The molecule has 0 aliphatic rings. The van der Waals surface area contributed by atoms with E-state index in [2.05, 4.69) is 5.32 Å². The molecule has 0 fully saturated rings. The summed E-state index contributed by atoms with van der Waals surface area (Å²) in [5, 5.41) is 6.52. The predicted octanol–water partition coefficient (Wildman–Crippen LogP) is 3.31. The van der Waals surface area contributed by atoms with Gasteiger partial charge >= 0.3 is 0 Å². The van der Waals surface area contributed by atoms with E-state index < -0.39 is 10.0 Å². The molecule has 124 valence electrons. The summed E-state index contributed by atoms with van der Waals surface area (Å²) in [5.41, 5.74) is 1.57. The zero-order valence-electron chi connectivity index (χ0n) is 13.2. The Kier molecular flexibility index (Phi) is 5.92. The van der Waals surface area contributed by atoms with Crippen molar-refractivity contribution in [2.75, 3.05) is 11.9 Å². The van der Waals surface area contributed by atoms with Gasteiger partial charge in [0.05, 0.1) is 4.90 Å². The number of benzene rings is 1. The summed E-state index contributed by atoms with van der Waals surface area (Å²) < 4.78 is 27.1. The Morgan fingerprint density at radius 2 is 1.91 bits per heavy atom. The van der Waals surface area contributed by atoms with Crippen LogP contribution in [0, 0.1) is 0 Å². The van der Waals surface area contributed by atoms with Crippen molar-refractivity contribution in [2.24, 2.45) is 0 Å². The van der Waals surface area contributed by atoms with Crippen LogP contribution in [-0.4, -0.2) is 25.2 Å². The van der Waals surface area contributed by atoms with Gasteiger partial charge in [0.2, 0.25) is 15.9 Å². The van der Waals surface area contributed by atoms with E-state index in [1.807, 2.05) is 23.8 Å². The Morgan fingerprint density at radius 1 is 1.22 bits per heavy atom. The van der Waals surface area contributed by atoms with Crippen LogP contribution >= 0.6 is 11.3 Å². The van der Waals surface area contributed by atoms with Crippen LogP contribution < -0.4 is 5.32 Å². The van der Waals surface area contributed by atoms with Gasteiger partial charge in [-0.2, -0.15) is 15.6 Å². The first-order valence-electron chi connectivity index (χ1n) is 7.32. The molecule has 0 radical (unpaired) electrons. The zero-order valence-corrected chi connectivity index (χ0v) is 14.8. The van der Waals surface area contributed by atoms with Crippen LogP contribution in [0.3, 0.4) is 0 Å². The molecular formula is C16H20N2O3S2. The van der Waals surface area contributed by atoms with Gasteiger partial charge < -0.3 is 5.32 Å². The van der Waals surface area contributed by atoms with Gasteiger partial charge in [-0.3, -0.25) is 4.79 Å². The van der Waals surface area contributed by atoms with Crippen LogP contribution in [0.25, 0.3) is 0 Å². The van der Waals surface area contributed by atoms with Crippen molar-refractivity contribution in [2.45, 2.75) is 31.7 Å². The summed E-state index contributed by atoms with van der Waals surface area (Å²) in [7, 11) is -3.56. The lowest BCUT2D eigenvalue weighted by molar-refractivity contribution is -0.114. The van der Waals surface area contributed by atoms with Crippen molar-refractivity contribution < 1.29 is 13.2 Å². The monoisotopic (exact) mass is 352 g/mol. The zero-order chi connectivity index (χ0) is 16.9. The van der Waals surface area contributed by atoms with E-state index in [1.54, 1.807) is 23.5 Å². The number of carbonyl (C=O) groups is 1. The van der Waals surface area contributed by atoms with E-state index in [-0.39, 0.29) is 10.8 Å². The maximum atomic E-state index is 12.8. The molecule has 7 heteroatoms. The first-order valence-corrected chi connectivity index (χ1v) is 9.70. The molecule has 0 atom stereocenters. The summed E-state index contributed by atoms with van der Waals surface area (Å²) in [5.74, 6) is -0.189. The minimum absolute atomic E-state index is 0.189. The highest BCUT2D eigenvalue weighted by Gasteiger charge is 2.24. The number of carbonyl (C=O) groups excluding carboxylic acids is 1. The van der Waals surface area contributed by atoms with E-state index in [9.17, 15) is 13.2 Å². The van der Waals surface area contributed by atoms with Crippen molar-refractivity contribution in [3.63, 3.8) is 0 Å². The maximum Gasteiger partial charge on any atom is 0.243 e. The van der Waals surface area contributed by atoms with Gasteiger partial charge in [-0.15, -0.1) is 0 Å². The van der Waals surface area contributed by atoms with Crippen LogP contribution in [-0.2, 0) is 21.4 Å². The highest BCUT2D eigenvalue weighted by atomic mass is 32.2. The van der Waals surface area contributed by atoms with Gasteiger partial charge in [-0.1, -0.05) is 6.92 Å². The summed E-state index contributed by atoms with van der Waals surface area (Å²) in [4.78, 5) is 11.3. The second-order valence-corrected chi connectivity index (χ2v) is 7.89. The second-order valence-electron chi connectivity index (χ2n) is 5.18. The smallest absolute Gasteiger partial charge is 0.243 e. The molecule has 2 aromatic rings. The van der Waals surface area contributed by atoms with Gasteiger partial charge in [0.15, 0.2) is 0 Å². The molecule has 1 amide bonds. The number of nitrogens with zero attached hydrogens (tertiary/aromatic N) is 1. The fourth-order valence-corrected chi connectivity index (χ4v) is 4.36. The molecule has 1 N–H and O–H groups in total. The standard InChI is InChI=1S/C16H20N2O3S2/c1-3-9-18(11-14-8-10-22-12-14)23(20,21)16-6-4-15(5-7-16)17-13(2)19/h4-8,10,12H,3,9,11H2,1-2H3,(H,17,19). The van der Waals surface area contributed by atoms with Crippen LogP contribution in [0.4, 0.5) is 5.69 Å². The number of thiophene rings is 1. The molecule has 0 saturated carbocycles. The average molecular weight is 352 g/mol. The van der Waals surface area contributed by atoms with Crippen molar-refractivity contribution in [3.05, 3.63) is 46.7 Å². The van der Waals surface area contributed by atoms with E-state index in [4.69, 9.17) is 0 Å². The summed E-state index contributed by atoms with van der Waals surface area (Å²) >= 11 is 1.55. The van der Waals surface area contributed by atoms with Crippen LogP contribution in [0.5, 0.6) is 0 Å². The van der Waals surface area contributed by atoms with E-state index in [0.29, 0.717) is 18.8 Å². The van der Waals surface area contributed by atoms with E-state index >= 15 is 0 Å². The SMILES string of the molecule is CCCN(Cc1ccsc1)S(=O)(=O)c1ccc(NC(C)=O)cc1. The van der Waals surface area contributed by atoms with Gasteiger partial charge in [-0.05, 0) is 53.1 Å². The second kappa shape index (κ2) is 7.72. The maximum absolute atomic E-state index is 12.8. The number of anilines is 1. The molecule has 0 bridgehead atoms. The number of rotatable bonds is 7. The van der Waals surface area contributed by atoms with E-state index in [0.717, 1.165) is 12.0 Å². The minimum atomic E-state index is -3.56. The normalized spacial score (nSPS) is 11.6. The minimum Gasteiger partial charge on any atom is -0.326 e. The lowest BCUT2D eigenvalue weighted by Crippen LogP contribution is -2.31. The summed E-state index contributed by atoms with van der Waals surface area (Å²) in [6.45, 7) is 4.20. The lowest BCUT2D eigenvalue weighted by atomic mass is 10.3. The molecule has 1 heterocycles. The largest absolute Gasteiger partial charge is 0.326 e. The molecule has 1 aromatic carbocycles. The van der Waals surface area contributed by atoms with Crippen molar-refractivity contribution in [1.29, 1.82) is 0 Å². The average Bonchev–Trinajstić information content (AvgIpc) is 3.00. The third-order valence-corrected chi connectivity index (χ3v) is 5.82. The van der Waals surface area contributed by atoms with Crippen molar-refractivity contribution in [1.82, 2.24) is 4.31 Å². The highest BCUT2D eigenvalue weighted by Crippen LogP contribution is 2.21. The van der Waals surface area contributed by atoms with Crippen molar-refractivity contribution in [3.8, 4) is 0 Å². The highest BCUT2D eigenvalue weighted by molar-refractivity contribution is 7.89. The van der Waals surface area contributed by atoms with Crippen molar-refractivity contribution >= 4 is 33.0 Å². The Hall–Kier alpha value is -1.70. The predicted molar refractivity (Wildman–Crippen MR) is 93.0 cm³/mol.